The minimum absolute atomic E-state index is 0.120. The molecule has 3 aromatic carbocycles. The van der Waals surface area contributed by atoms with Crippen LogP contribution < -0.4 is 25.2 Å². The standard InChI is InChI=1S/C32H35BrN4O4/c1-21-30(31(39)37(35(21)4)24-9-7-6-8-10-24)34-29(38)20-41-27-14-11-22(17-28(27)40-5)19-36-16-15-32(2,3)25-13-12-23(33)18-26(25)36/h6-14,17-18H,15-16,19-20H2,1-5H3,(H,34,38). The second-order valence-electron chi connectivity index (χ2n) is 11.0. The number of carbonyl (C=O) groups excluding carboxylic acids is 1. The van der Waals surface area contributed by atoms with E-state index < -0.39 is 5.91 Å². The molecular weight excluding hydrogens is 584 g/mol. The number of benzene rings is 3. The van der Waals surface area contributed by atoms with Crippen LogP contribution in [0.15, 0.2) is 76.0 Å². The van der Waals surface area contributed by atoms with E-state index in [0.717, 1.165) is 29.5 Å². The summed E-state index contributed by atoms with van der Waals surface area (Å²) in [6.45, 7) is 7.78. The number of nitrogens with zero attached hydrogens (tertiary/aromatic N) is 3. The van der Waals surface area contributed by atoms with Gasteiger partial charge in [0.2, 0.25) is 0 Å². The van der Waals surface area contributed by atoms with Gasteiger partial charge in [-0.05, 0) is 66.3 Å². The summed E-state index contributed by atoms with van der Waals surface area (Å²) in [6.07, 6.45) is 1.06. The van der Waals surface area contributed by atoms with Crippen LogP contribution >= 0.6 is 15.9 Å². The van der Waals surface area contributed by atoms with E-state index in [1.54, 1.807) is 25.8 Å². The lowest BCUT2D eigenvalue weighted by molar-refractivity contribution is -0.118. The zero-order valence-electron chi connectivity index (χ0n) is 24.0. The molecule has 0 unspecified atom stereocenters. The number of carbonyl (C=O) groups is 1. The minimum atomic E-state index is -0.430. The van der Waals surface area contributed by atoms with Gasteiger partial charge < -0.3 is 19.7 Å². The van der Waals surface area contributed by atoms with E-state index in [2.05, 4.69) is 58.2 Å². The van der Waals surface area contributed by atoms with Crippen LogP contribution in [0.2, 0.25) is 0 Å². The fraction of sp³-hybridized carbons (Fsp3) is 0.312. The molecule has 1 aromatic heterocycles. The Morgan fingerprint density at radius 2 is 1.80 bits per heavy atom. The van der Waals surface area contributed by atoms with E-state index in [4.69, 9.17) is 9.47 Å². The van der Waals surface area contributed by atoms with Crippen LogP contribution in [0.1, 0.15) is 37.1 Å². The Morgan fingerprint density at radius 1 is 1.05 bits per heavy atom. The van der Waals surface area contributed by atoms with Gasteiger partial charge in [-0.1, -0.05) is 60.1 Å². The van der Waals surface area contributed by atoms with Crippen molar-refractivity contribution in [2.24, 2.45) is 7.05 Å². The van der Waals surface area contributed by atoms with Gasteiger partial charge in [-0.15, -0.1) is 0 Å². The summed E-state index contributed by atoms with van der Waals surface area (Å²) in [4.78, 5) is 28.3. The largest absolute Gasteiger partial charge is 0.493 e. The molecule has 2 heterocycles. The summed E-state index contributed by atoms with van der Waals surface area (Å²) in [7, 11) is 3.37. The van der Waals surface area contributed by atoms with Crippen LogP contribution in [-0.4, -0.2) is 35.5 Å². The number of hydrogen-bond donors (Lipinski definition) is 1. The Balaban J connectivity index is 1.28. The van der Waals surface area contributed by atoms with Crippen molar-refractivity contribution < 1.29 is 14.3 Å². The molecule has 8 nitrogen and oxygen atoms in total. The van der Waals surface area contributed by atoms with E-state index >= 15 is 0 Å². The predicted octanol–water partition coefficient (Wildman–Crippen LogP) is 5.96. The number of fused-ring (bicyclic) bond motifs is 1. The molecule has 5 rings (SSSR count). The molecule has 0 saturated heterocycles. The minimum Gasteiger partial charge on any atom is -0.493 e. The van der Waals surface area contributed by atoms with Crippen molar-refractivity contribution in [3.63, 3.8) is 0 Å². The highest BCUT2D eigenvalue weighted by atomic mass is 79.9. The maximum atomic E-state index is 13.1. The van der Waals surface area contributed by atoms with Crippen LogP contribution in [-0.2, 0) is 23.8 Å². The van der Waals surface area contributed by atoms with E-state index in [-0.39, 0.29) is 23.3 Å². The molecule has 4 aromatic rings. The highest BCUT2D eigenvalue weighted by Crippen LogP contribution is 2.41. The maximum Gasteiger partial charge on any atom is 0.295 e. The SMILES string of the molecule is COc1cc(CN2CCC(C)(C)c3ccc(Br)cc32)ccc1OCC(=O)Nc1c(C)n(C)n(-c2ccccc2)c1=O. The molecular formula is C32H35BrN4O4. The van der Waals surface area contributed by atoms with E-state index in [0.29, 0.717) is 22.9 Å². The van der Waals surface area contributed by atoms with Crippen molar-refractivity contribution in [1.29, 1.82) is 0 Å². The molecule has 41 heavy (non-hydrogen) atoms. The summed E-state index contributed by atoms with van der Waals surface area (Å²) in [5.74, 6) is 0.575. The molecule has 0 bridgehead atoms. The first-order valence-corrected chi connectivity index (χ1v) is 14.4. The number of rotatable bonds is 8. The van der Waals surface area contributed by atoms with E-state index in [1.807, 2.05) is 48.5 Å². The van der Waals surface area contributed by atoms with Crippen LogP contribution in [0, 0.1) is 6.92 Å². The highest BCUT2D eigenvalue weighted by molar-refractivity contribution is 9.10. The van der Waals surface area contributed by atoms with Crippen LogP contribution in [0.25, 0.3) is 5.69 Å². The zero-order chi connectivity index (χ0) is 29.3. The first-order valence-electron chi connectivity index (χ1n) is 13.6. The number of amides is 1. The van der Waals surface area contributed by atoms with Crippen LogP contribution in [0.3, 0.4) is 0 Å². The smallest absolute Gasteiger partial charge is 0.295 e. The Bertz CT molecular complexity index is 1640. The van der Waals surface area contributed by atoms with Gasteiger partial charge >= 0.3 is 0 Å². The Labute approximate surface area is 248 Å². The van der Waals surface area contributed by atoms with Gasteiger partial charge in [0.1, 0.15) is 5.69 Å². The van der Waals surface area contributed by atoms with Gasteiger partial charge in [-0.2, -0.15) is 0 Å². The molecule has 9 heteroatoms. The van der Waals surface area contributed by atoms with Crippen molar-refractivity contribution in [2.45, 2.75) is 39.2 Å². The number of aromatic nitrogens is 2. The quantitative estimate of drug-likeness (QED) is 0.264. The third-order valence-corrected chi connectivity index (χ3v) is 8.31. The summed E-state index contributed by atoms with van der Waals surface area (Å²) in [6, 6.07) is 21.6. The fourth-order valence-corrected chi connectivity index (χ4v) is 5.70. The molecule has 0 radical (unpaired) electrons. The van der Waals surface area contributed by atoms with E-state index in [1.165, 1.54) is 15.9 Å². The molecule has 1 aliphatic rings. The van der Waals surface area contributed by atoms with Gasteiger partial charge in [0, 0.05) is 30.3 Å². The van der Waals surface area contributed by atoms with Crippen molar-refractivity contribution in [3.05, 3.63) is 98.4 Å². The Kier molecular flexibility index (Phi) is 8.00. The zero-order valence-corrected chi connectivity index (χ0v) is 25.6. The van der Waals surface area contributed by atoms with Gasteiger partial charge in [-0.25, -0.2) is 4.68 Å². The lowest BCUT2D eigenvalue weighted by Gasteiger charge is -2.40. The fourth-order valence-electron chi connectivity index (χ4n) is 5.35. The average Bonchev–Trinajstić information content (AvgIpc) is 3.16. The number of ether oxygens (including phenoxy) is 2. The van der Waals surface area contributed by atoms with Crippen molar-refractivity contribution in [2.75, 3.05) is 30.5 Å². The topological polar surface area (TPSA) is 77.7 Å². The molecule has 1 amide bonds. The van der Waals surface area contributed by atoms with Crippen molar-refractivity contribution in [1.82, 2.24) is 9.36 Å². The number of para-hydroxylation sites is 1. The highest BCUT2D eigenvalue weighted by Gasteiger charge is 2.31. The van der Waals surface area contributed by atoms with Crippen molar-refractivity contribution >= 4 is 33.2 Å². The lowest BCUT2D eigenvalue weighted by atomic mass is 9.77. The second-order valence-corrected chi connectivity index (χ2v) is 11.9. The molecule has 0 saturated carbocycles. The summed E-state index contributed by atoms with van der Waals surface area (Å²) >= 11 is 3.63. The first-order chi connectivity index (χ1) is 19.6. The molecule has 1 aliphatic heterocycles. The molecule has 1 N–H and O–H groups in total. The van der Waals surface area contributed by atoms with Gasteiger partial charge in [-0.3, -0.25) is 14.3 Å². The molecule has 0 atom stereocenters. The average molecular weight is 620 g/mol. The summed E-state index contributed by atoms with van der Waals surface area (Å²) in [5.41, 5.74) is 5.05. The second kappa shape index (κ2) is 11.5. The Hall–Kier alpha value is -3.98. The van der Waals surface area contributed by atoms with Gasteiger partial charge in [0.15, 0.2) is 18.1 Å². The van der Waals surface area contributed by atoms with Crippen molar-refractivity contribution in [3.8, 4) is 17.2 Å². The van der Waals surface area contributed by atoms with Crippen LogP contribution in [0.4, 0.5) is 11.4 Å². The third-order valence-electron chi connectivity index (χ3n) is 7.82. The van der Waals surface area contributed by atoms with Gasteiger partial charge in [0.25, 0.3) is 11.5 Å². The summed E-state index contributed by atoms with van der Waals surface area (Å²) in [5, 5.41) is 2.73. The number of methoxy groups -OCH3 is 1. The number of nitrogens with one attached hydrogen (secondary N) is 1. The normalized spacial score (nSPS) is 14.0. The Morgan fingerprint density at radius 3 is 2.54 bits per heavy atom. The predicted molar refractivity (Wildman–Crippen MR) is 166 cm³/mol. The molecule has 214 valence electrons. The monoisotopic (exact) mass is 618 g/mol. The first kappa shape index (κ1) is 28.5. The van der Waals surface area contributed by atoms with E-state index in [9.17, 15) is 9.59 Å². The number of hydrogen-bond acceptors (Lipinski definition) is 5. The summed E-state index contributed by atoms with van der Waals surface area (Å²) < 4.78 is 15.7. The number of halogens is 1. The lowest BCUT2D eigenvalue weighted by Crippen LogP contribution is -2.36. The third kappa shape index (κ3) is 5.77. The molecule has 0 spiro atoms. The molecule has 0 fully saturated rings. The van der Waals surface area contributed by atoms with Crippen LogP contribution in [0.5, 0.6) is 11.5 Å². The number of anilines is 2. The van der Waals surface area contributed by atoms with Gasteiger partial charge in [0.05, 0.1) is 18.5 Å². The molecule has 0 aliphatic carbocycles. The maximum absolute atomic E-state index is 13.1.